The van der Waals surface area contributed by atoms with Gasteiger partial charge in [-0.2, -0.15) is 0 Å². The molecule has 1 unspecified atom stereocenters. The Hall–Kier alpha value is -0.821. The van der Waals surface area contributed by atoms with Crippen LogP contribution in [-0.2, 0) is 0 Å². The normalized spacial score (nSPS) is 20.2. The molecule has 0 amide bonds. The van der Waals surface area contributed by atoms with Gasteiger partial charge in [-0.05, 0) is 0 Å². The molecule has 0 fully saturated rings. The van der Waals surface area contributed by atoms with Crippen LogP contribution in [0.2, 0.25) is 5.32 Å². The molecule has 2 aromatic carbocycles. The van der Waals surface area contributed by atoms with Crippen molar-refractivity contribution < 1.29 is 5.11 Å². The van der Waals surface area contributed by atoms with E-state index in [2.05, 4.69) is 36.4 Å². The third-order valence-corrected chi connectivity index (χ3v) is 5.23. The molecule has 0 saturated heterocycles. The molecule has 1 aliphatic rings. The van der Waals surface area contributed by atoms with Crippen LogP contribution in [0.5, 0.6) is 0 Å². The Kier molecular flexibility index (Phi) is 2.28. The number of fused-ring (bicyclic) bond motifs is 3. The summed E-state index contributed by atoms with van der Waals surface area (Å²) >= 11 is 0.554. The van der Waals surface area contributed by atoms with Crippen LogP contribution in [0.15, 0.2) is 36.4 Å². The molecule has 3 rings (SSSR count). The number of hydrogen-bond donors (Lipinski definition) is 1. The van der Waals surface area contributed by atoms with Crippen molar-refractivity contribution in [3.63, 3.8) is 0 Å². The molecule has 0 aliphatic carbocycles. The van der Waals surface area contributed by atoms with Crippen molar-refractivity contribution in [3.05, 3.63) is 42.0 Å². The van der Waals surface area contributed by atoms with E-state index in [4.69, 9.17) is 0 Å². The van der Waals surface area contributed by atoms with Crippen LogP contribution in [-0.4, -0.2) is 20.1 Å². The van der Waals surface area contributed by atoms with E-state index < -0.39 is 0 Å². The molecule has 1 atom stereocenters. The third kappa shape index (κ3) is 1.50. The predicted molar refractivity (Wildman–Crippen MR) is 63.7 cm³/mol. The fourth-order valence-corrected chi connectivity index (χ4v) is 4.53. The maximum absolute atomic E-state index is 10.1. The topological polar surface area (TPSA) is 20.2 Å². The van der Waals surface area contributed by atoms with E-state index in [0.717, 1.165) is 6.42 Å². The average molecular weight is 263 g/mol. The number of hydrogen-bond acceptors (Lipinski definition) is 1. The molecule has 2 heteroatoms. The van der Waals surface area contributed by atoms with Crippen molar-refractivity contribution in [2.24, 2.45) is 0 Å². The van der Waals surface area contributed by atoms with Gasteiger partial charge in [0.15, 0.2) is 0 Å². The maximum atomic E-state index is 10.1. The van der Waals surface area contributed by atoms with E-state index in [-0.39, 0.29) is 6.10 Å². The van der Waals surface area contributed by atoms with E-state index in [0.29, 0.717) is 15.0 Å². The number of rotatable bonds is 0. The second-order valence-electron chi connectivity index (χ2n) is 3.85. The Morgan fingerprint density at radius 1 is 1.13 bits per heavy atom. The van der Waals surface area contributed by atoms with Gasteiger partial charge in [0, 0.05) is 0 Å². The quantitative estimate of drug-likeness (QED) is 0.721. The monoisotopic (exact) mass is 264 g/mol. The summed E-state index contributed by atoms with van der Waals surface area (Å²) in [6, 6.07) is 12.7. The molecule has 2 aromatic rings. The van der Waals surface area contributed by atoms with Crippen LogP contribution in [0.1, 0.15) is 18.1 Å². The summed E-state index contributed by atoms with van der Waals surface area (Å²) in [5, 5.41) is 13.7. The summed E-state index contributed by atoms with van der Waals surface area (Å²) in [5.74, 6) is 0. The Morgan fingerprint density at radius 2 is 2.00 bits per heavy atom. The predicted octanol–water partition coefficient (Wildman–Crippen LogP) is 2.02. The first-order chi connectivity index (χ1) is 7.36. The number of benzene rings is 2. The first-order valence-corrected chi connectivity index (χ1v) is 7.25. The van der Waals surface area contributed by atoms with Crippen LogP contribution in [0.4, 0.5) is 0 Å². The minimum absolute atomic E-state index is 0.248. The first-order valence-electron chi connectivity index (χ1n) is 5.19. The standard InChI is InChI=1S/C13H12OSe/c14-11-7-8-15-12-6-5-9-3-1-2-4-10(9)13(11)12/h1-6,11,14H,7-8H2. The summed E-state index contributed by atoms with van der Waals surface area (Å²) < 4.78 is 1.39. The molecule has 0 spiro atoms. The molecule has 15 heavy (non-hydrogen) atoms. The van der Waals surface area contributed by atoms with E-state index in [1.54, 1.807) is 0 Å². The second kappa shape index (κ2) is 3.64. The molecule has 1 N–H and O–H groups in total. The molecule has 0 aromatic heterocycles. The zero-order valence-corrected chi connectivity index (χ0v) is 10.0. The molecule has 0 bridgehead atoms. The fraction of sp³-hybridized carbons (Fsp3) is 0.231. The van der Waals surface area contributed by atoms with Crippen molar-refractivity contribution in [2.45, 2.75) is 17.8 Å². The Bertz CT molecular complexity index is 507. The SMILES string of the molecule is OC1CC[Se]c2ccc3ccccc3c21. The van der Waals surface area contributed by atoms with Crippen molar-refractivity contribution in [2.75, 3.05) is 0 Å². The molecule has 1 aliphatic heterocycles. The van der Waals surface area contributed by atoms with Gasteiger partial charge in [0.25, 0.3) is 0 Å². The third-order valence-electron chi connectivity index (χ3n) is 2.91. The van der Waals surface area contributed by atoms with Gasteiger partial charge >= 0.3 is 95.1 Å². The molecule has 76 valence electrons. The fourth-order valence-electron chi connectivity index (χ4n) is 2.17. The van der Waals surface area contributed by atoms with Gasteiger partial charge in [0.1, 0.15) is 0 Å². The summed E-state index contributed by atoms with van der Waals surface area (Å²) in [5.41, 5.74) is 1.19. The summed E-state index contributed by atoms with van der Waals surface area (Å²) in [4.78, 5) is 0. The zero-order valence-electron chi connectivity index (χ0n) is 8.31. The van der Waals surface area contributed by atoms with E-state index in [9.17, 15) is 5.11 Å². The number of aliphatic hydroxyl groups excluding tert-OH is 1. The van der Waals surface area contributed by atoms with E-state index >= 15 is 0 Å². The van der Waals surface area contributed by atoms with Crippen LogP contribution >= 0.6 is 0 Å². The zero-order chi connectivity index (χ0) is 10.3. The Labute approximate surface area is 95.3 Å². The van der Waals surface area contributed by atoms with Crippen LogP contribution in [0.3, 0.4) is 0 Å². The van der Waals surface area contributed by atoms with Gasteiger partial charge in [-0.15, -0.1) is 0 Å². The van der Waals surface area contributed by atoms with Gasteiger partial charge in [0.2, 0.25) is 0 Å². The van der Waals surface area contributed by atoms with Crippen molar-refractivity contribution in [1.29, 1.82) is 0 Å². The molecule has 0 saturated carbocycles. The summed E-state index contributed by atoms with van der Waals surface area (Å²) in [6.45, 7) is 0. The van der Waals surface area contributed by atoms with Gasteiger partial charge in [-0.1, -0.05) is 0 Å². The van der Waals surface area contributed by atoms with Gasteiger partial charge in [-0.3, -0.25) is 0 Å². The molecule has 0 radical (unpaired) electrons. The van der Waals surface area contributed by atoms with Crippen molar-refractivity contribution in [1.82, 2.24) is 0 Å². The van der Waals surface area contributed by atoms with Gasteiger partial charge < -0.3 is 0 Å². The van der Waals surface area contributed by atoms with E-state index in [1.807, 2.05) is 0 Å². The molecule has 1 nitrogen and oxygen atoms in total. The van der Waals surface area contributed by atoms with E-state index in [1.165, 1.54) is 26.1 Å². The average Bonchev–Trinajstić information content (AvgIpc) is 2.29. The molecular weight excluding hydrogens is 251 g/mol. The van der Waals surface area contributed by atoms with Gasteiger partial charge in [-0.25, -0.2) is 0 Å². The first kappa shape index (κ1) is 9.41. The van der Waals surface area contributed by atoms with Crippen molar-refractivity contribution >= 4 is 30.2 Å². The molecule has 1 heterocycles. The van der Waals surface area contributed by atoms with Crippen LogP contribution in [0, 0.1) is 0 Å². The molecular formula is C13H12OSe. The Morgan fingerprint density at radius 3 is 2.93 bits per heavy atom. The number of aliphatic hydroxyl groups is 1. The Balaban J connectivity index is 2.35. The van der Waals surface area contributed by atoms with Crippen molar-refractivity contribution in [3.8, 4) is 0 Å². The summed E-state index contributed by atoms with van der Waals surface area (Å²) in [7, 11) is 0. The second-order valence-corrected chi connectivity index (χ2v) is 6.24. The van der Waals surface area contributed by atoms with Crippen LogP contribution < -0.4 is 4.46 Å². The summed E-state index contributed by atoms with van der Waals surface area (Å²) in [6.07, 6.45) is 0.683. The minimum atomic E-state index is -0.248. The van der Waals surface area contributed by atoms with Crippen LogP contribution in [0.25, 0.3) is 10.8 Å². The van der Waals surface area contributed by atoms with Gasteiger partial charge in [0.05, 0.1) is 0 Å².